The van der Waals surface area contributed by atoms with Crippen LogP contribution in [0.25, 0.3) is 0 Å². The van der Waals surface area contributed by atoms with Gasteiger partial charge < -0.3 is 20.6 Å². The van der Waals surface area contributed by atoms with Crippen LogP contribution in [0.5, 0.6) is 0 Å². The molecule has 0 fully saturated rings. The average Bonchev–Trinajstić information content (AvgIpc) is 2.01. The number of aromatic amines is 1. The second kappa shape index (κ2) is 4.66. The fraction of sp³-hybridized carbons (Fsp3) is 0.286. The van der Waals surface area contributed by atoms with Crippen LogP contribution < -0.4 is 16.4 Å². The van der Waals surface area contributed by atoms with Gasteiger partial charge in [0, 0.05) is 17.8 Å². The van der Waals surface area contributed by atoms with E-state index in [9.17, 15) is 14.7 Å². The molecule has 1 rings (SSSR count). The summed E-state index contributed by atoms with van der Waals surface area (Å²) >= 11 is 1.11. The van der Waals surface area contributed by atoms with E-state index in [1.165, 1.54) is 0 Å². The van der Waals surface area contributed by atoms with E-state index in [-0.39, 0.29) is 23.6 Å². The molecule has 76 valence electrons. The molecule has 0 aliphatic rings. The Hall–Kier alpha value is -1.50. The zero-order valence-corrected chi connectivity index (χ0v) is 7.97. The van der Waals surface area contributed by atoms with E-state index in [1.54, 1.807) is 0 Å². The molecule has 3 N–H and O–H groups in total. The Kier molecular flexibility index (Phi) is 3.52. The first kappa shape index (κ1) is 10.6. The number of anilines is 1. The molecule has 0 aliphatic heterocycles. The van der Waals surface area contributed by atoms with Crippen molar-refractivity contribution in [3.05, 3.63) is 16.4 Å². The lowest BCUT2D eigenvalue weighted by molar-refractivity contribution is -0.305. The van der Waals surface area contributed by atoms with Crippen molar-refractivity contribution in [2.24, 2.45) is 0 Å². The molecule has 0 radical (unpaired) electrons. The summed E-state index contributed by atoms with van der Waals surface area (Å²) in [6, 6.07) is 1.16. The number of nitrogens with one attached hydrogen (secondary N) is 1. The molecule has 1 aromatic heterocycles. The Balaban J connectivity index is 2.59. The molecule has 0 saturated heterocycles. The van der Waals surface area contributed by atoms with E-state index in [1.807, 2.05) is 0 Å². The summed E-state index contributed by atoms with van der Waals surface area (Å²) in [7, 11) is 0. The van der Waals surface area contributed by atoms with Gasteiger partial charge in [-0.2, -0.15) is 0 Å². The lowest BCUT2D eigenvalue weighted by Gasteiger charge is -2.01. The van der Waals surface area contributed by atoms with Crippen molar-refractivity contribution in [2.45, 2.75) is 11.6 Å². The summed E-state index contributed by atoms with van der Waals surface area (Å²) in [6.07, 6.45) is -0.0941. The standard InChI is InChI=1S/C7H9N3O3S/c8-4-3-5(11)10-7(9-4)14-2-1-6(12)13/h3H,1-2H2,(H,12,13)(H3,8,9,10,11)/p-1. The second-order valence-electron chi connectivity index (χ2n) is 2.45. The number of carbonyl (C=O) groups excluding carboxylic acids is 1. The molecule has 0 amide bonds. The number of aromatic nitrogens is 2. The molecule has 0 saturated carbocycles. The van der Waals surface area contributed by atoms with Crippen LogP contribution in [0.15, 0.2) is 16.0 Å². The van der Waals surface area contributed by atoms with Gasteiger partial charge in [0.1, 0.15) is 5.82 Å². The number of carbonyl (C=O) groups is 1. The van der Waals surface area contributed by atoms with Crippen molar-refractivity contribution in [3.63, 3.8) is 0 Å². The first-order valence-electron chi connectivity index (χ1n) is 3.77. The minimum absolute atomic E-state index is 0.0941. The summed E-state index contributed by atoms with van der Waals surface area (Å²) in [5, 5.41) is 10.4. The summed E-state index contributed by atoms with van der Waals surface area (Å²) in [5.74, 6) is -0.734. The highest BCUT2D eigenvalue weighted by atomic mass is 32.2. The van der Waals surface area contributed by atoms with Gasteiger partial charge in [-0.25, -0.2) is 4.98 Å². The predicted molar refractivity (Wildman–Crippen MR) is 49.6 cm³/mol. The first-order chi connectivity index (χ1) is 6.58. The maximum Gasteiger partial charge on any atom is 0.253 e. The minimum Gasteiger partial charge on any atom is -0.550 e. The van der Waals surface area contributed by atoms with Crippen molar-refractivity contribution in [2.75, 3.05) is 11.5 Å². The largest absolute Gasteiger partial charge is 0.550 e. The van der Waals surface area contributed by atoms with Gasteiger partial charge in [0.2, 0.25) is 0 Å². The monoisotopic (exact) mass is 214 g/mol. The van der Waals surface area contributed by atoms with Crippen LogP contribution in [-0.4, -0.2) is 21.7 Å². The molecule has 14 heavy (non-hydrogen) atoms. The number of carboxylic acids is 1. The van der Waals surface area contributed by atoms with Gasteiger partial charge >= 0.3 is 0 Å². The van der Waals surface area contributed by atoms with Crippen molar-refractivity contribution in [1.82, 2.24) is 9.97 Å². The topological polar surface area (TPSA) is 112 Å². The Morgan fingerprint density at radius 3 is 3.00 bits per heavy atom. The van der Waals surface area contributed by atoms with Crippen LogP contribution in [0.3, 0.4) is 0 Å². The molecule has 7 heteroatoms. The third-order valence-corrected chi connectivity index (χ3v) is 2.16. The molecule has 1 heterocycles. The third-order valence-electron chi connectivity index (χ3n) is 1.28. The predicted octanol–water partition coefficient (Wildman–Crippen LogP) is -1.42. The van der Waals surface area contributed by atoms with Gasteiger partial charge in [0.15, 0.2) is 5.16 Å². The molecule has 6 nitrogen and oxygen atoms in total. The molecule has 0 aliphatic carbocycles. The van der Waals surface area contributed by atoms with Crippen molar-refractivity contribution >= 4 is 23.5 Å². The van der Waals surface area contributed by atoms with Gasteiger partial charge in [-0.1, -0.05) is 11.8 Å². The van der Waals surface area contributed by atoms with E-state index in [0.29, 0.717) is 5.16 Å². The molecule has 1 aromatic rings. The van der Waals surface area contributed by atoms with Gasteiger partial charge in [-0.05, 0) is 6.42 Å². The lowest BCUT2D eigenvalue weighted by atomic mass is 10.5. The van der Waals surface area contributed by atoms with Gasteiger partial charge in [-0.3, -0.25) is 4.79 Å². The SMILES string of the molecule is Nc1cc(=O)[nH]c(SCCC(=O)[O-])n1. The molecule has 0 aromatic carbocycles. The van der Waals surface area contributed by atoms with E-state index < -0.39 is 5.97 Å². The lowest BCUT2D eigenvalue weighted by Crippen LogP contribution is -2.22. The summed E-state index contributed by atoms with van der Waals surface area (Å²) in [5.41, 5.74) is 4.96. The zero-order chi connectivity index (χ0) is 10.6. The molecule has 0 unspecified atom stereocenters. The number of nitrogens with two attached hydrogens (primary N) is 1. The Labute approximate surface area is 83.5 Å². The number of rotatable bonds is 4. The van der Waals surface area contributed by atoms with Crippen molar-refractivity contribution < 1.29 is 9.90 Å². The van der Waals surface area contributed by atoms with Crippen LogP contribution in [0.4, 0.5) is 5.82 Å². The molecule has 0 atom stereocenters. The fourth-order valence-corrected chi connectivity index (χ4v) is 1.56. The average molecular weight is 214 g/mol. The first-order valence-corrected chi connectivity index (χ1v) is 4.76. The van der Waals surface area contributed by atoms with Gasteiger partial charge in [0.05, 0.1) is 0 Å². The van der Waals surface area contributed by atoms with Gasteiger partial charge in [-0.15, -0.1) is 0 Å². The van der Waals surface area contributed by atoms with Crippen molar-refractivity contribution in [3.8, 4) is 0 Å². The van der Waals surface area contributed by atoms with Crippen LogP contribution in [0.1, 0.15) is 6.42 Å². The molecular formula is C7H8N3O3S-. The number of nitrogen functional groups attached to an aromatic ring is 1. The van der Waals surface area contributed by atoms with Crippen molar-refractivity contribution in [1.29, 1.82) is 0 Å². The maximum absolute atomic E-state index is 10.9. The highest BCUT2D eigenvalue weighted by molar-refractivity contribution is 7.99. The molecule has 0 bridgehead atoms. The van der Waals surface area contributed by atoms with E-state index in [2.05, 4.69) is 9.97 Å². The number of H-pyrrole nitrogens is 1. The number of aliphatic carboxylic acids is 1. The Morgan fingerprint density at radius 1 is 1.71 bits per heavy atom. The quantitative estimate of drug-likeness (QED) is 0.470. The summed E-state index contributed by atoms with van der Waals surface area (Å²) in [4.78, 5) is 27.2. The fourth-order valence-electron chi connectivity index (χ4n) is 0.753. The van der Waals surface area contributed by atoms with Crippen LogP contribution >= 0.6 is 11.8 Å². The number of hydrogen-bond donors (Lipinski definition) is 2. The summed E-state index contributed by atoms with van der Waals surface area (Å²) < 4.78 is 0. The zero-order valence-electron chi connectivity index (χ0n) is 7.15. The maximum atomic E-state index is 10.9. The molecular weight excluding hydrogens is 206 g/mol. The van der Waals surface area contributed by atoms with E-state index >= 15 is 0 Å². The highest BCUT2D eigenvalue weighted by Gasteiger charge is 1.99. The number of thioether (sulfide) groups is 1. The third kappa shape index (κ3) is 3.48. The summed E-state index contributed by atoms with van der Waals surface area (Å²) in [6.45, 7) is 0. The highest BCUT2D eigenvalue weighted by Crippen LogP contribution is 2.12. The number of carboxylic acid groups (broad SMARTS) is 1. The van der Waals surface area contributed by atoms with Crippen LogP contribution in [-0.2, 0) is 4.79 Å². The van der Waals surface area contributed by atoms with Crippen LogP contribution in [0.2, 0.25) is 0 Å². The number of nitrogens with zero attached hydrogens (tertiary/aromatic N) is 1. The number of hydrogen-bond acceptors (Lipinski definition) is 6. The van der Waals surface area contributed by atoms with E-state index in [0.717, 1.165) is 17.8 Å². The second-order valence-corrected chi connectivity index (χ2v) is 3.53. The van der Waals surface area contributed by atoms with Crippen LogP contribution in [0, 0.1) is 0 Å². The van der Waals surface area contributed by atoms with E-state index in [4.69, 9.17) is 5.73 Å². The Bertz CT molecular complexity index is 390. The molecule has 0 spiro atoms. The smallest absolute Gasteiger partial charge is 0.253 e. The normalized spacial score (nSPS) is 10.0. The van der Waals surface area contributed by atoms with Gasteiger partial charge in [0.25, 0.3) is 5.56 Å². The Morgan fingerprint density at radius 2 is 2.43 bits per heavy atom. The minimum atomic E-state index is -1.14.